The van der Waals surface area contributed by atoms with Gasteiger partial charge in [0.05, 0.1) is 5.69 Å². The van der Waals surface area contributed by atoms with Crippen molar-refractivity contribution in [3.05, 3.63) is 17.5 Å². The van der Waals surface area contributed by atoms with Gasteiger partial charge in [-0.15, -0.1) is 0 Å². The second kappa shape index (κ2) is 5.65. The van der Waals surface area contributed by atoms with E-state index in [1.54, 1.807) is 16.6 Å². The molecule has 90 valence electrons. The molecule has 1 heterocycles. The summed E-state index contributed by atoms with van der Waals surface area (Å²) in [6.45, 7) is 5.86. The third-order valence-electron chi connectivity index (χ3n) is 2.47. The fraction of sp³-hybridized carbons (Fsp3) is 0.636. The molecule has 16 heavy (non-hydrogen) atoms. The third kappa shape index (κ3) is 2.82. The SMILES string of the molecule is CCn1nc(C)cc1C(=O)N(C)CCCN. The summed E-state index contributed by atoms with van der Waals surface area (Å²) in [5, 5.41) is 4.26. The maximum Gasteiger partial charge on any atom is 0.271 e. The average molecular weight is 224 g/mol. The lowest BCUT2D eigenvalue weighted by Crippen LogP contribution is -2.30. The quantitative estimate of drug-likeness (QED) is 0.798. The number of carbonyl (C=O) groups excluding carboxylic acids is 1. The Morgan fingerprint density at radius 1 is 1.62 bits per heavy atom. The van der Waals surface area contributed by atoms with Gasteiger partial charge in [-0.2, -0.15) is 5.10 Å². The molecule has 1 aromatic heterocycles. The normalized spacial score (nSPS) is 10.5. The monoisotopic (exact) mass is 224 g/mol. The lowest BCUT2D eigenvalue weighted by Gasteiger charge is -2.16. The molecule has 0 bridgehead atoms. The minimum absolute atomic E-state index is 0.0101. The molecule has 0 aliphatic rings. The van der Waals surface area contributed by atoms with Crippen LogP contribution in [-0.2, 0) is 6.54 Å². The van der Waals surface area contributed by atoms with Gasteiger partial charge in [0.25, 0.3) is 5.91 Å². The lowest BCUT2D eigenvalue weighted by molar-refractivity contribution is 0.0782. The van der Waals surface area contributed by atoms with Gasteiger partial charge in [0.2, 0.25) is 0 Å². The summed E-state index contributed by atoms with van der Waals surface area (Å²) in [5.41, 5.74) is 6.95. The van der Waals surface area contributed by atoms with Crippen molar-refractivity contribution in [2.75, 3.05) is 20.1 Å². The number of carbonyl (C=O) groups is 1. The van der Waals surface area contributed by atoms with Crippen LogP contribution in [0, 0.1) is 6.92 Å². The molecule has 0 radical (unpaired) electrons. The van der Waals surface area contributed by atoms with E-state index < -0.39 is 0 Å². The molecule has 0 fully saturated rings. The molecule has 0 aromatic carbocycles. The number of amides is 1. The minimum Gasteiger partial charge on any atom is -0.340 e. The van der Waals surface area contributed by atoms with Crippen LogP contribution in [-0.4, -0.2) is 40.7 Å². The molecule has 0 atom stereocenters. The summed E-state index contributed by atoms with van der Waals surface area (Å²) in [7, 11) is 1.79. The Labute approximate surface area is 96.2 Å². The molecule has 0 aliphatic heterocycles. The predicted octanol–water partition coefficient (Wildman–Crippen LogP) is 0.632. The fourth-order valence-corrected chi connectivity index (χ4v) is 1.58. The van der Waals surface area contributed by atoms with Gasteiger partial charge >= 0.3 is 0 Å². The topological polar surface area (TPSA) is 64.2 Å². The summed E-state index contributed by atoms with van der Waals surface area (Å²) in [6.07, 6.45) is 0.821. The van der Waals surface area contributed by atoms with E-state index in [1.807, 2.05) is 19.9 Å². The van der Waals surface area contributed by atoms with Crippen LogP contribution >= 0.6 is 0 Å². The summed E-state index contributed by atoms with van der Waals surface area (Å²) < 4.78 is 1.73. The van der Waals surface area contributed by atoms with Crippen molar-refractivity contribution in [1.29, 1.82) is 0 Å². The Hall–Kier alpha value is -1.36. The van der Waals surface area contributed by atoms with Crippen LogP contribution in [0.3, 0.4) is 0 Å². The molecule has 0 saturated carbocycles. The maximum atomic E-state index is 12.1. The van der Waals surface area contributed by atoms with Crippen molar-refractivity contribution in [3.63, 3.8) is 0 Å². The zero-order valence-corrected chi connectivity index (χ0v) is 10.2. The number of nitrogens with zero attached hydrogens (tertiary/aromatic N) is 3. The highest BCUT2D eigenvalue weighted by Gasteiger charge is 2.16. The van der Waals surface area contributed by atoms with Gasteiger partial charge in [-0.05, 0) is 32.9 Å². The Morgan fingerprint density at radius 2 is 2.31 bits per heavy atom. The summed E-state index contributed by atoms with van der Waals surface area (Å²) in [4.78, 5) is 13.8. The van der Waals surface area contributed by atoms with E-state index in [-0.39, 0.29) is 5.91 Å². The standard InChI is InChI=1S/C11H20N4O/c1-4-15-10(8-9(2)13-15)11(16)14(3)7-5-6-12/h8H,4-7,12H2,1-3H3. The summed E-state index contributed by atoms with van der Waals surface area (Å²) >= 11 is 0. The van der Waals surface area contributed by atoms with E-state index in [0.29, 0.717) is 25.3 Å². The second-order valence-electron chi connectivity index (χ2n) is 3.86. The fourth-order valence-electron chi connectivity index (χ4n) is 1.58. The van der Waals surface area contributed by atoms with Crippen LogP contribution in [0.1, 0.15) is 29.5 Å². The Morgan fingerprint density at radius 3 is 2.88 bits per heavy atom. The van der Waals surface area contributed by atoms with Crippen molar-refractivity contribution in [2.24, 2.45) is 5.73 Å². The Kier molecular flexibility index (Phi) is 4.49. The first-order valence-electron chi connectivity index (χ1n) is 5.60. The average Bonchev–Trinajstić information content (AvgIpc) is 2.66. The molecular weight excluding hydrogens is 204 g/mol. The smallest absolute Gasteiger partial charge is 0.271 e. The first kappa shape index (κ1) is 12.7. The Balaban J connectivity index is 2.78. The molecule has 0 saturated heterocycles. The van der Waals surface area contributed by atoms with Crippen LogP contribution in [0.2, 0.25) is 0 Å². The second-order valence-corrected chi connectivity index (χ2v) is 3.86. The number of rotatable bonds is 5. The summed E-state index contributed by atoms with van der Waals surface area (Å²) in [5.74, 6) is 0.0101. The number of aromatic nitrogens is 2. The molecular formula is C11H20N4O. The molecule has 5 nitrogen and oxygen atoms in total. The molecule has 0 spiro atoms. The Bertz CT molecular complexity index is 359. The molecule has 1 rings (SSSR count). The van der Waals surface area contributed by atoms with E-state index >= 15 is 0 Å². The van der Waals surface area contributed by atoms with Gasteiger partial charge in [-0.3, -0.25) is 9.48 Å². The van der Waals surface area contributed by atoms with E-state index in [9.17, 15) is 4.79 Å². The van der Waals surface area contributed by atoms with Crippen LogP contribution in [0.4, 0.5) is 0 Å². The van der Waals surface area contributed by atoms with Crippen molar-refractivity contribution >= 4 is 5.91 Å². The van der Waals surface area contributed by atoms with Gasteiger partial charge < -0.3 is 10.6 Å². The van der Waals surface area contributed by atoms with Crippen LogP contribution in [0.5, 0.6) is 0 Å². The zero-order valence-electron chi connectivity index (χ0n) is 10.2. The largest absolute Gasteiger partial charge is 0.340 e. The summed E-state index contributed by atoms with van der Waals surface area (Å²) in [6, 6.07) is 1.82. The lowest BCUT2D eigenvalue weighted by atomic mass is 10.3. The van der Waals surface area contributed by atoms with E-state index in [2.05, 4.69) is 5.10 Å². The van der Waals surface area contributed by atoms with Crippen LogP contribution < -0.4 is 5.73 Å². The van der Waals surface area contributed by atoms with Crippen molar-refractivity contribution in [3.8, 4) is 0 Å². The first-order chi connectivity index (χ1) is 7.60. The minimum atomic E-state index is 0.0101. The van der Waals surface area contributed by atoms with Gasteiger partial charge in [0, 0.05) is 20.1 Å². The first-order valence-corrected chi connectivity index (χ1v) is 5.60. The number of nitrogens with two attached hydrogens (primary N) is 1. The van der Waals surface area contributed by atoms with Gasteiger partial charge in [-0.25, -0.2) is 0 Å². The molecule has 0 unspecified atom stereocenters. The van der Waals surface area contributed by atoms with Gasteiger partial charge in [0.1, 0.15) is 5.69 Å². The van der Waals surface area contributed by atoms with Crippen molar-refractivity contribution < 1.29 is 4.79 Å². The molecule has 0 aliphatic carbocycles. The van der Waals surface area contributed by atoms with E-state index in [4.69, 9.17) is 5.73 Å². The zero-order chi connectivity index (χ0) is 12.1. The maximum absolute atomic E-state index is 12.1. The number of aryl methyl sites for hydroxylation is 2. The molecule has 2 N–H and O–H groups in total. The molecule has 1 amide bonds. The van der Waals surface area contributed by atoms with Gasteiger partial charge in [0.15, 0.2) is 0 Å². The van der Waals surface area contributed by atoms with Crippen LogP contribution in [0.25, 0.3) is 0 Å². The number of hydrogen-bond acceptors (Lipinski definition) is 3. The van der Waals surface area contributed by atoms with Crippen LogP contribution in [0.15, 0.2) is 6.07 Å². The van der Waals surface area contributed by atoms with E-state index in [1.165, 1.54) is 0 Å². The molecule has 5 heteroatoms. The highest BCUT2D eigenvalue weighted by atomic mass is 16.2. The van der Waals surface area contributed by atoms with E-state index in [0.717, 1.165) is 12.1 Å². The third-order valence-corrected chi connectivity index (χ3v) is 2.47. The van der Waals surface area contributed by atoms with Gasteiger partial charge in [-0.1, -0.05) is 0 Å². The highest BCUT2D eigenvalue weighted by Crippen LogP contribution is 2.07. The highest BCUT2D eigenvalue weighted by molar-refractivity contribution is 5.92. The molecule has 1 aromatic rings. The predicted molar refractivity (Wildman–Crippen MR) is 63.3 cm³/mol. The van der Waals surface area contributed by atoms with Crippen molar-refractivity contribution in [2.45, 2.75) is 26.8 Å². The number of hydrogen-bond donors (Lipinski definition) is 1. The van der Waals surface area contributed by atoms with Crippen molar-refractivity contribution in [1.82, 2.24) is 14.7 Å².